The average molecular weight is 348 g/mol. The van der Waals surface area contributed by atoms with E-state index in [1.54, 1.807) is 11.3 Å². The molecule has 130 valence electrons. The van der Waals surface area contributed by atoms with Crippen LogP contribution in [0.15, 0.2) is 10.2 Å². The second-order valence-corrected chi connectivity index (χ2v) is 6.91. The quantitative estimate of drug-likeness (QED) is 0.840. The molecule has 6 nitrogen and oxygen atoms in total. The Morgan fingerprint density at radius 1 is 1.29 bits per heavy atom. The van der Waals surface area contributed by atoms with Crippen molar-refractivity contribution in [3.63, 3.8) is 0 Å². The van der Waals surface area contributed by atoms with E-state index in [2.05, 4.69) is 34.3 Å². The number of hydrogen-bond acceptors (Lipinski definition) is 5. The molecule has 0 saturated heterocycles. The van der Waals surface area contributed by atoms with Crippen LogP contribution in [0.5, 0.6) is 0 Å². The van der Waals surface area contributed by atoms with Gasteiger partial charge in [0.2, 0.25) is 0 Å². The van der Waals surface area contributed by atoms with Crippen molar-refractivity contribution in [1.82, 2.24) is 20.5 Å². The maximum atomic E-state index is 12.7. The van der Waals surface area contributed by atoms with E-state index in [9.17, 15) is 9.59 Å². The molecule has 0 unspecified atom stereocenters. The van der Waals surface area contributed by atoms with Gasteiger partial charge >= 0.3 is 0 Å². The largest absolute Gasteiger partial charge is 0.344 e. The molecule has 2 rings (SSSR count). The third-order valence-electron chi connectivity index (χ3n) is 3.91. The third kappa shape index (κ3) is 3.72. The van der Waals surface area contributed by atoms with Crippen LogP contribution in [0.1, 0.15) is 78.9 Å². The first-order valence-corrected chi connectivity index (χ1v) is 9.13. The van der Waals surface area contributed by atoms with Gasteiger partial charge in [0.25, 0.3) is 11.5 Å². The van der Waals surface area contributed by atoms with E-state index < -0.39 is 5.56 Å². The Morgan fingerprint density at radius 2 is 2.00 bits per heavy atom. The molecule has 0 spiro atoms. The number of thiazole rings is 1. The average Bonchev–Trinajstić information content (AvgIpc) is 3.04. The minimum Gasteiger partial charge on any atom is -0.344 e. The summed E-state index contributed by atoms with van der Waals surface area (Å²) < 4.78 is 0. The minimum atomic E-state index is -0.449. The van der Waals surface area contributed by atoms with Gasteiger partial charge in [-0.1, -0.05) is 27.7 Å². The number of rotatable bonds is 6. The van der Waals surface area contributed by atoms with Gasteiger partial charge in [-0.25, -0.2) is 10.1 Å². The summed E-state index contributed by atoms with van der Waals surface area (Å²) >= 11 is 1.59. The van der Waals surface area contributed by atoms with Gasteiger partial charge in [0.1, 0.15) is 5.56 Å². The molecule has 2 aromatic heterocycles. The SMILES string of the molecule is CCc1n[nH]c(=O)c(C(=O)N[C@H](C)c2csc(C(C)C)n2)c1CC. The van der Waals surface area contributed by atoms with Crippen LogP contribution in [0, 0.1) is 0 Å². The van der Waals surface area contributed by atoms with Crippen molar-refractivity contribution < 1.29 is 4.79 Å². The minimum absolute atomic E-state index is 0.163. The molecule has 2 N–H and O–H groups in total. The van der Waals surface area contributed by atoms with Crippen LogP contribution in [0.3, 0.4) is 0 Å². The summed E-state index contributed by atoms with van der Waals surface area (Å²) in [7, 11) is 0. The Kier molecular flexibility index (Phi) is 5.88. The van der Waals surface area contributed by atoms with Crippen molar-refractivity contribution in [3.05, 3.63) is 43.3 Å². The molecular weight excluding hydrogens is 324 g/mol. The van der Waals surface area contributed by atoms with Crippen LogP contribution >= 0.6 is 11.3 Å². The number of hydrogen-bond donors (Lipinski definition) is 2. The molecule has 2 heterocycles. The van der Waals surface area contributed by atoms with Crippen LogP contribution in [0.4, 0.5) is 0 Å². The van der Waals surface area contributed by atoms with Gasteiger partial charge in [-0.15, -0.1) is 11.3 Å². The molecule has 1 amide bonds. The molecule has 2 aromatic rings. The van der Waals surface area contributed by atoms with Crippen molar-refractivity contribution in [2.75, 3.05) is 0 Å². The van der Waals surface area contributed by atoms with E-state index in [0.29, 0.717) is 24.3 Å². The van der Waals surface area contributed by atoms with Crippen LogP contribution in [-0.4, -0.2) is 21.1 Å². The summed E-state index contributed by atoms with van der Waals surface area (Å²) in [5.41, 5.74) is 2.00. The maximum absolute atomic E-state index is 12.7. The molecule has 7 heteroatoms. The molecule has 0 aromatic carbocycles. The summed E-state index contributed by atoms with van der Waals surface area (Å²) in [6.07, 6.45) is 1.26. The van der Waals surface area contributed by atoms with Gasteiger partial charge in [0, 0.05) is 11.3 Å². The predicted octanol–water partition coefficient (Wildman–Crippen LogP) is 2.97. The van der Waals surface area contributed by atoms with Crippen molar-refractivity contribution in [1.29, 1.82) is 0 Å². The first-order chi connectivity index (χ1) is 11.4. The molecule has 0 radical (unpaired) electrons. The fourth-order valence-electron chi connectivity index (χ4n) is 2.54. The van der Waals surface area contributed by atoms with Crippen molar-refractivity contribution in [2.45, 2.75) is 59.4 Å². The summed E-state index contributed by atoms with van der Waals surface area (Å²) in [4.78, 5) is 29.3. The maximum Gasteiger partial charge on any atom is 0.277 e. The summed E-state index contributed by atoms with van der Waals surface area (Å²) in [5, 5.41) is 12.3. The van der Waals surface area contributed by atoms with Gasteiger partial charge in [-0.05, 0) is 25.3 Å². The first-order valence-electron chi connectivity index (χ1n) is 8.25. The Balaban J connectivity index is 2.27. The summed E-state index contributed by atoms with van der Waals surface area (Å²) in [5.74, 6) is -0.0229. The Morgan fingerprint density at radius 3 is 2.54 bits per heavy atom. The molecule has 1 atom stereocenters. The Bertz CT molecular complexity index is 779. The lowest BCUT2D eigenvalue weighted by atomic mass is 10.0. The monoisotopic (exact) mass is 348 g/mol. The Labute approximate surface area is 145 Å². The number of nitrogens with zero attached hydrogens (tertiary/aromatic N) is 2. The summed E-state index contributed by atoms with van der Waals surface area (Å²) in [6.45, 7) is 9.92. The molecule has 0 bridgehead atoms. The highest BCUT2D eigenvalue weighted by Crippen LogP contribution is 2.23. The van der Waals surface area contributed by atoms with Crippen molar-refractivity contribution in [2.24, 2.45) is 0 Å². The number of H-pyrrole nitrogens is 1. The highest BCUT2D eigenvalue weighted by atomic mass is 32.1. The number of carbonyl (C=O) groups is 1. The number of aryl methyl sites for hydroxylation is 1. The van der Waals surface area contributed by atoms with E-state index in [-0.39, 0.29) is 17.5 Å². The van der Waals surface area contributed by atoms with Crippen LogP contribution in [-0.2, 0) is 12.8 Å². The second kappa shape index (κ2) is 7.70. The third-order valence-corrected chi connectivity index (χ3v) is 5.07. The van der Waals surface area contributed by atoms with Crippen molar-refractivity contribution >= 4 is 17.2 Å². The van der Waals surface area contributed by atoms with E-state index in [4.69, 9.17) is 0 Å². The second-order valence-electron chi connectivity index (χ2n) is 6.02. The zero-order valence-corrected chi connectivity index (χ0v) is 15.6. The molecule has 0 aliphatic heterocycles. The highest BCUT2D eigenvalue weighted by molar-refractivity contribution is 7.09. The number of nitrogens with one attached hydrogen (secondary N) is 2. The number of amides is 1. The normalized spacial score (nSPS) is 12.4. The smallest absolute Gasteiger partial charge is 0.277 e. The van der Waals surface area contributed by atoms with Gasteiger partial charge in [-0.3, -0.25) is 9.59 Å². The van der Waals surface area contributed by atoms with Gasteiger partial charge in [-0.2, -0.15) is 5.10 Å². The highest BCUT2D eigenvalue weighted by Gasteiger charge is 2.21. The zero-order valence-electron chi connectivity index (χ0n) is 14.8. The first kappa shape index (κ1) is 18.3. The standard InChI is InChI=1S/C17H24N4O2S/c1-6-11-12(7-2)20-21-16(23)14(11)15(22)18-10(5)13-8-24-17(19-13)9(3)4/h8-10H,6-7H2,1-5H3,(H,18,22)(H,21,23)/t10-/m1/s1. The van der Waals surface area contributed by atoms with Gasteiger partial charge < -0.3 is 5.32 Å². The van der Waals surface area contributed by atoms with E-state index in [1.807, 2.05) is 26.2 Å². The van der Waals surface area contributed by atoms with Gasteiger partial charge in [0.05, 0.1) is 22.4 Å². The van der Waals surface area contributed by atoms with Crippen LogP contribution in [0.2, 0.25) is 0 Å². The predicted molar refractivity (Wildman–Crippen MR) is 95.7 cm³/mol. The molecule has 0 aliphatic carbocycles. The zero-order chi connectivity index (χ0) is 17.9. The topological polar surface area (TPSA) is 87.7 Å². The van der Waals surface area contributed by atoms with Gasteiger partial charge in [0.15, 0.2) is 0 Å². The molecule has 0 saturated carbocycles. The molecular formula is C17H24N4O2S. The lowest BCUT2D eigenvalue weighted by Crippen LogP contribution is -2.34. The molecule has 0 fully saturated rings. The van der Waals surface area contributed by atoms with E-state index in [0.717, 1.165) is 16.4 Å². The van der Waals surface area contributed by atoms with Crippen LogP contribution < -0.4 is 10.9 Å². The number of aromatic amines is 1. The lowest BCUT2D eigenvalue weighted by molar-refractivity contribution is 0.0936. The van der Waals surface area contributed by atoms with E-state index in [1.165, 1.54) is 0 Å². The fourth-order valence-corrected chi connectivity index (χ4v) is 3.47. The van der Waals surface area contributed by atoms with Crippen molar-refractivity contribution in [3.8, 4) is 0 Å². The number of aromatic nitrogens is 3. The molecule has 0 aliphatic rings. The lowest BCUT2D eigenvalue weighted by Gasteiger charge is -2.14. The summed E-state index contributed by atoms with van der Waals surface area (Å²) in [6, 6.07) is -0.261. The van der Waals surface area contributed by atoms with Crippen LogP contribution in [0.25, 0.3) is 0 Å². The Hall–Kier alpha value is -2.02. The number of carbonyl (C=O) groups excluding carboxylic acids is 1. The fraction of sp³-hybridized carbons (Fsp3) is 0.529. The van der Waals surface area contributed by atoms with E-state index >= 15 is 0 Å². The molecule has 24 heavy (non-hydrogen) atoms.